The van der Waals surface area contributed by atoms with Gasteiger partial charge in [0, 0.05) is 5.56 Å². The largest absolute Gasteiger partial charge is 0.495 e. The molecule has 0 aromatic heterocycles. The second-order valence-electron chi connectivity index (χ2n) is 7.38. The first-order valence-electron chi connectivity index (χ1n) is 9.43. The molecule has 1 aliphatic heterocycles. The van der Waals surface area contributed by atoms with E-state index in [0.29, 0.717) is 5.75 Å². The molecule has 0 radical (unpaired) electrons. The molecule has 0 spiro atoms. The minimum atomic E-state index is -0.200. The van der Waals surface area contributed by atoms with Gasteiger partial charge in [-0.05, 0) is 43.4 Å². The zero-order valence-corrected chi connectivity index (χ0v) is 15.9. The summed E-state index contributed by atoms with van der Waals surface area (Å²) in [6.45, 7) is 6.37. The van der Waals surface area contributed by atoms with Crippen molar-refractivity contribution in [3.63, 3.8) is 0 Å². The molecule has 1 fully saturated rings. The van der Waals surface area contributed by atoms with Gasteiger partial charge in [0.2, 0.25) is 0 Å². The first-order valence-corrected chi connectivity index (χ1v) is 9.43. The molecular formula is C22H29N2O2+. The molecule has 1 atom stereocenters. The van der Waals surface area contributed by atoms with Crippen molar-refractivity contribution in [2.75, 3.05) is 25.5 Å². The number of methoxy groups -OCH3 is 1. The van der Waals surface area contributed by atoms with E-state index in [1.165, 1.54) is 17.7 Å². The minimum Gasteiger partial charge on any atom is -0.495 e. The quantitative estimate of drug-likeness (QED) is 0.868. The number of likely N-dealkylation sites (tertiary alicyclic amines) is 1. The van der Waals surface area contributed by atoms with Gasteiger partial charge in [-0.3, -0.25) is 4.79 Å². The number of nitrogens with one attached hydrogen (secondary N) is 2. The molecule has 0 aliphatic carbocycles. The predicted molar refractivity (Wildman–Crippen MR) is 105 cm³/mol. The number of amides is 1. The number of carbonyl (C=O) groups is 1. The van der Waals surface area contributed by atoms with E-state index in [9.17, 15) is 4.79 Å². The van der Waals surface area contributed by atoms with Crippen LogP contribution in [0.3, 0.4) is 0 Å². The maximum absolute atomic E-state index is 13.3. The van der Waals surface area contributed by atoms with Gasteiger partial charge in [0.1, 0.15) is 5.75 Å². The monoisotopic (exact) mass is 353 g/mol. The number of carbonyl (C=O) groups excluding carboxylic acids is 1. The minimum absolute atomic E-state index is 0.0321. The summed E-state index contributed by atoms with van der Waals surface area (Å²) in [5.41, 5.74) is 2.90. The van der Waals surface area contributed by atoms with E-state index in [-0.39, 0.29) is 11.9 Å². The summed E-state index contributed by atoms with van der Waals surface area (Å²) in [5, 5.41) is 3.12. The first-order chi connectivity index (χ1) is 12.6. The number of benzene rings is 2. The van der Waals surface area contributed by atoms with E-state index < -0.39 is 0 Å². The molecule has 26 heavy (non-hydrogen) atoms. The number of piperidine rings is 1. The molecule has 4 nitrogen and oxygen atoms in total. The molecule has 1 heterocycles. The van der Waals surface area contributed by atoms with Gasteiger partial charge in [-0.1, -0.05) is 43.3 Å². The van der Waals surface area contributed by atoms with Crippen molar-refractivity contribution >= 4 is 11.6 Å². The highest BCUT2D eigenvalue weighted by atomic mass is 16.5. The summed E-state index contributed by atoms with van der Waals surface area (Å²) in [6.07, 6.45) is 2.33. The molecule has 1 saturated heterocycles. The average molecular weight is 353 g/mol. The van der Waals surface area contributed by atoms with E-state index >= 15 is 0 Å². The molecule has 3 rings (SSSR count). The Bertz CT molecular complexity index is 737. The highest BCUT2D eigenvalue weighted by molar-refractivity contribution is 5.96. The fourth-order valence-corrected chi connectivity index (χ4v) is 3.76. The lowest BCUT2D eigenvalue weighted by Gasteiger charge is -2.33. The number of rotatable bonds is 5. The number of hydrogen-bond acceptors (Lipinski definition) is 2. The lowest BCUT2D eigenvalue weighted by Crippen LogP contribution is -3.14. The number of anilines is 1. The Labute approximate surface area is 156 Å². The normalized spacial score (nSPS) is 21.0. The number of aryl methyl sites for hydroxylation is 1. The van der Waals surface area contributed by atoms with Crippen molar-refractivity contribution in [3.8, 4) is 5.75 Å². The topological polar surface area (TPSA) is 42.8 Å². The maximum atomic E-state index is 13.3. The van der Waals surface area contributed by atoms with E-state index in [4.69, 9.17) is 4.74 Å². The number of ether oxygens (including phenoxy) is 1. The Kier molecular flexibility index (Phi) is 5.94. The van der Waals surface area contributed by atoms with Crippen molar-refractivity contribution < 1.29 is 14.4 Å². The van der Waals surface area contributed by atoms with Crippen LogP contribution >= 0.6 is 0 Å². The molecule has 1 amide bonds. The molecular weight excluding hydrogens is 324 g/mol. The van der Waals surface area contributed by atoms with Gasteiger partial charge in [-0.2, -0.15) is 0 Å². The lowest BCUT2D eigenvalue weighted by molar-refractivity contribution is -0.927. The molecule has 0 saturated carbocycles. The second kappa shape index (κ2) is 8.37. The van der Waals surface area contributed by atoms with Crippen LogP contribution in [0.2, 0.25) is 0 Å². The maximum Gasteiger partial charge on any atom is 0.287 e. The molecule has 2 aromatic rings. The highest BCUT2D eigenvalue weighted by Crippen LogP contribution is 2.26. The van der Waals surface area contributed by atoms with E-state index in [1.54, 1.807) is 7.11 Å². The van der Waals surface area contributed by atoms with Gasteiger partial charge in [0.05, 0.1) is 25.9 Å². The third-order valence-electron chi connectivity index (χ3n) is 5.33. The van der Waals surface area contributed by atoms with Crippen LogP contribution in [0.5, 0.6) is 5.75 Å². The average Bonchev–Trinajstić information content (AvgIpc) is 2.65. The zero-order valence-electron chi connectivity index (χ0n) is 15.9. The van der Waals surface area contributed by atoms with Crippen molar-refractivity contribution in [3.05, 3.63) is 59.7 Å². The Balaban J connectivity index is 1.87. The molecule has 2 aromatic carbocycles. The summed E-state index contributed by atoms with van der Waals surface area (Å²) < 4.78 is 5.42. The summed E-state index contributed by atoms with van der Waals surface area (Å²) in [4.78, 5) is 14.6. The SMILES string of the molecule is COc1ccc(C)cc1NC(=O)[C@@H](c1ccccc1)[NH+]1CCC(C)CC1. The Morgan fingerprint density at radius 2 is 1.85 bits per heavy atom. The van der Waals surface area contributed by atoms with Crippen LogP contribution in [0.1, 0.15) is 36.9 Å². The second-order valence-corrected chi connectivity index (χ2v) is 7.38. The van der Waals surface area contributed by atoms with Gasteiger partial charge < -0.3 is 15.0 Å². The smallest absolute Gasteiger partial charge is 0.287 e. The van der Waals surface area contributed by atoms with Gasteiger partial charge >= 0.3 is 0 Å². The van der Waals surface area contributed by atoms with Gasteiger partial charge in [0.15, 0.2) is 6.04 Å². The number of quaternary nitrogens is 1. The van der Waals surface area contributed by atoms with Gasteiger partial charge in [0.25, 0.3) is 5.91 Å². The van der Waals surface area contributed by atoms with Gasteiger partial charge in [-0.15, -0.1) is 0 Å². The molecule has 0 unspecified atom stereocenters. The zero-order chi connectivity index (χ0) is 18.5. The highest BCUT2D eigenvalue weighted by Gasteiger charge is 2.34. The molecule has 138 valence electrons. The van der Waals surface area contributed by atoms with Crippen LogP contribution in [-0.4, -0.2) is 26.1 Å². The van der Waals surface area contributed by atoms with E-state index in [0.717, 1.165) is 35.8 Å². The van der Waals surface area contributed by atoms with Crippen molar-refractivity contribution in [2.45, 2.75) is 32.7 Å². The van der Waals surface area contributed by atoms with Gasteiger partial charge in [-0.25, -0.2) is 0 Å². The Morgan fingerprint density at radius 3 is 2.50 bits per heavy atom. The standard InChI is InChI=1S/C22H28N2O2/c1-16-11-13-24(14-12-16)21(18-7-5-4-6-8-18)22(25)23-19-15-17(2)9-10-20(19)26-3/h4-10,15-16,21H,11-14H2,1-3H3,(H,23,25)/p+1/t21-/m1/s1. The van der Waals surface area contributed by atoms with Crippen LogP contribution in [-0.2, 0) is 4.79 Å². The number of hydrogen-bond donors (Lipinski definition) is 2. The lowest BCUT2D eigenvalue weighted by atomic mass is 9.95. The summed E-state index contributed by atoms with van der Waals surface area (Å²) in [6, 6.07) is 15.8. The van der Waals surface area contributed by atoms with Crippen LogP contribution in [0.4, 0.5) is 5.69 Å². The Hall–Kier alpha value is -2.33. The fraction of sp³-hybridized carbons (Fsp3) is 0.409. The summed E-state index contributed by atoms with van der Waals surface area (Å²) in [7, 11) is 1.63. The Morgan fingerprint density at radius 1 is 1.15 bits per heavy atom. The fourth-order valence-electron chi connectivity index (χ4n) is 3.76. The molecule has 4 heteroatoms. The summed E-state index contributed by atoms with van der Waals surface area (Å²) in [5.74, 6) is 1.47. The van der Waals surface area contributed by atoms with Crippen LogP contribution in [0.25, 0.3) is 0 Å². The third kappa shape index (κ3) is 4.25. The van der Waals surface area contributed by atoms with E-state index in [1.807, 2.05) is 43.3 Å². The molecule has 0 bridgehead atoms. The third-order valence-corrected chi connectivity index (χ3v) is 5.33. The van der Waals surface area contributed by atoms with Crippen molar-refractivity contribution in [2.24, 2.45) is 5.92 Å². The summed E-state index contributed by atoms with van der Waals surface area (Å²) >= 11 is 0. The van der Waals surface area contributed by atoms with Crippen molar-refractivity contribution in [1.82, 2.24) is 0 Å². The van der Waals surface area contributed by atoms with Crippen LogP contribution in [0.15, 0.2) is 48.5 Å². The van der Waals surface area contributed by atoms with Crippen LogP contribution < -0.4 is 15.0 Å². The van der Waals surface area contributed by atoms with Crippen molar-refractivity contribution in [1.29, 1.82) is 0 Å². The molecule has 2 N–H and O–H groups in total. The van der Waals surface area contributed by atoms with Crippen LogP contribution in [0, 0.1) is 12.8 Å². The first kappa shape index (κ1) is 18.5. The van der Waals surface area contributed by atoms with E-state index in [2.05, 4.69) is 24.4 Å². The predicted octanol–water partition coefficient (Wildman–Crippen LogP) is 3.00. The molecule has 1 aliphatic rings.